The highest BCUT2D eigenvalue weighted by atomic mass is 127. The molecule has 0 aliphatic rings. The summed E-state index contributed by atoms with van der Waals surface area (Å²) in [5, 5.41) is 6.57. The maximum Gasteiger partial charge on any atom is 0.218 e. The van der Waals surface area contributed by atoms with Gasteiger partial charge in [-0.2, -0.15) is 0 Å². The summed E-state index contributed by atoms with van der Waals surface area (Å²) in [4.78, 5) is 8.54. The molecule has 0 radical (unpaired) electrons. The van der Waals surface area contributed by atoms with Gasteiger partial charge in [0.2, 0.25) is 5.88 Å². The lowest BCUT2D eigenvalue weighted by Crippen LogP contribution is -2.43. The van der Waals surface area contributed by atoms with Crippen LogP contribution in [0.25, 0.3) is 0 Å². The van der Waals surface area contributed by atoms with Crippen LogP contribution in [0, 0.1) is 5.82 Å². The number of hydrogen-bond acceptors (Lipinski definition) is 4. The summed E-state index contributed by atoms with van der Waals surface area (Å²) in [6, 6.07) is 10.5. The van der Waals surface area contributed by atoms with E-state index in [0.717, 1.165) is 11.1 Å². The van der Waals surface area contributed by atoms with E-state index in [0.29, 0.717) is 38.1 Å². The fourth-order valence-electron chi connectivity index (χ4n) is 2.63. The number of guanidine groups is 1. The van der Waals surface area contributed by atoms with Crippen LogP contribution in [0.3, 0.4) is 0 Å². The molecule has 2 aromatic rings. The smallest absolute Gasteiger partial charge is 0.218 e. The molecule has 0 aliphatic heterocycles. The molecule has 0 aliphatic carbocycles. The number of hydrogen-bond donors (Lipinski definition) is 2. The van der Waals surface area contributed by atoms with Gasteiger partial charge in [0.1, 0.15) is 12.4 Å². The Hall–Kier alpha value is -1.94. The summed E-state index contributed by atoms with van der Waals surface area (Å²) in [5.74, 6) is 0.990. The zero-order chi connectivity index (χ0) is 20.4. The first-order valence-electron chi connectivity index (χ1n) is 9.22. The van der Waals surface area contributed by atoms with E-state index in [-0.39, 0.29) is 35.2 Å². The van der Waals surface area contributed by atoms with Crippen LogP contribution >= 0.6 is 24.0 Å². The van der Waals surface area contributed by atoms with Crippen molar-refractivity contribution in [3.05, 3.63) is 59.5 Å². The first-order valence-corrected chi connectivity index (χ1v) is 9.22. The van der Waals surface area contributed by atoms with Gasteiger partial charge in [0.25, 0.3) is 0 Å². The number of methoxy groups -OCH3 is 1. The average Bonchev–Trinajstić information content (AvgIpc) is 2.69. The Labute approximate surface area is 189 Å². The molecule has 2 rings (SSSR count). The van der Waals surface area contributed by atoms with E-state index in [9.17, 15) is 4.39 Å². The van der Waals surface area contributed by atoms with Gasteiger partial charge in [0.05, 0.1) is 6.61 Å². The Morgan fingerprint density at radius 3 is 2.66 bits per heavy atom. The van der Waals surface area contributed by atoms with Crippen molar-refractivity contribution >= 4 is 29.9 Å². The van der Waals surface area contributed by atoms with Crippen LogP contribution in [0.4, 0.5) is 4.39 Å². The van der Waals surface area contributed by atoms with Crippen molar-refractivity contribution in [2.24, 2.45) is 4.99 Å². The lowest BCUT2D eigenvalue weighted by atomic mass is 9.84. The number of halogens is 2. The molecular formula is C21H30FIN4O2. The van der Waals surface area contributed by atoms with Crippen molar-refractivity contribution in [1.29, 1.82) is 0 Å². The number of ether oxygens (including phenoxy) is 2. The molecule has 1 aromatic carbocycles. The Morgan fingerprint density at radius 1 is 1.17 bits per heavy atom. The highest BCUT2D eigenvalue weighted by Gasteiger charge is 2.21. The Bertz CT molecular complexity index is 787. The zero-order valence-electron chi connectivity index (χ0n) is 17.4. The fraction of sp³-hybridized carbons (Fsp3) is 0.429. The third-order valence-corrected chi connectivity index (χ3v) is 4.35. The van der Waals surface area contributed by atoms with Gasteiger partial charge in [0, 0.05) is 44.4 Å². The molecule has 6 nitrogen and oxygen atoms in total. The number of nitrogens with zero attached hydrogens (tertiary/aromatic N) is 2. The number of aliphatic imine (C=N–C) groups is 1. The molecule has 160 valence electrons. The average molecular weight is 516 g/mol. The minimum atomic E-state index is -0.261. The van der Waals surface area contributed by atoms with Crippen molar-refractivity contribution in [1.82, 2.24) is 15.6 Å². The summed E-state index contributed by atoms with van der Waals surface area (Å²) >= 11 is 0. The number of nitrogens with one attached hydrogen (secondary N) is 2. The lowest BCUT2D eigenvalue weighted by molar-refractivity contribution is 0.143. The Kier molecular flexibility index (Phi) is 10.9. The molecule has 0 fully saturated rings. The standard InChI is InChI=1S/C21H29FN4O2.HI/c1-21(2,17-8-5-9-18(22)13-17)15-26-20(23-3)25-14-16-7-6-10-24-19(16)28-12-11-27-4;/h5-10,13H,11-12,14-15H2,1-4H3,(H2,23,25,26);1H. The Morgan fingerprint density at radius 2 is 1.97 bits per heavy atom. The molecule has 2 N–H and O–H groups in total. The van der Waals surface area contributed by atoms with Gasteiger partial charge in [-0.3, -0.25) is 4.99 Å². The minimum Gasteiger partial charge on any atom is -0.475 e. The molecule has 29 heavy (non-hydrogen) atoms. The predicted molar refractivity (Wildman–Crippen MR) is 125 cm³/mol. The number of benzene rings is 1. The highest BCUT2D eigenvalue weighted by Crippen LogP contribution is 2.22. The molecule has 0 unspecified atom stereocenters. The van der Waals surface area contributed by atoms with E-state index in [1.165, 1.54) is 6.07 Å². The van der Waals surface area contributed by atoms with E-state index in [2.05, 4.69) is 34.5 Å². The fourth-order valence-corrected chi connectivity index (χ4v) is 2.63. The van der Waals surface area contributed by atoms with Crippen LogP contribution in [0.15, 0.2) is 47.6 Å². The molecule has 1 aromatic heterocycles. The second kappa shape index (κ2) is 12.6. The summed E-state index contributed by atoms with van der Waals surface area (Å²) < 4.78 is 24.2. The summed E-state index contributed by atoms with van der Waals surface area (Å²) in [5.41, 5.74) is 1.59. The van der Waals surface area contributed by atoms with Gasteiger partial charge in [-0.25, -0.2) is 9.37 Å². The van der Waals surface area contributed by atoms with Gasteiger partial charge in [0.15, 0.2) is 5.96 Å². The molecule has 0 saturated heterocycles. The largest absolute Gasteiger partial charge is 0.475 e. The SMILES string of the molecule is CN=C(NCc1cccnc1OCCOC)NCC(C)(C)c1cccc(F)c1.I. The van der Waals surface area contributed by atoms with Crippen LogP contribution in [-0.4, -0.2) is 44.9 Å². The van der Waals surface area contributed by atoms with Gasteiger partial charge in [-0.1, -0.05) is 32.0 Å². The van der Waals surface area contributed by atoms with Crippen LogP contribution in [-0.2, 0) is 16.7 Å². The molecular weight excluding hydrogens is 486 g/mol. The second-order valence-electron chi connectivity index (χ2n) is 6.98. The van der Waals surface area contributed by atoms with E-state index in [1.807, 2.05) is 18.2 Å². The van der Waals surface area contributed by atoms with Crippen LogP contribution < -0.4 is 15.4 Å². The van der Waals surface area contributed by atoms with E-state index in [4.69, 9.17) is 9.47 Å². The van der Waals surface area contributed by atoms with Crippen LogP contribution in [0.2, 0.25) is 0 Å². The molecule has 1 heterocycles. The van der Waals surface area contributed by atoms with Crippen molar-refractivity contribution < 1.29 is 13.9 Å². The van der Waals surface area contributed by atoms with E-state index >= 15 is 0 Å². The third-order valence-electron chi connectivity index (χ3n) is 4.35. The van der Waals surface area contributed by atoms with Gasteiger partial charge < -0.3 is 20.1 Å². The molecule has 0 atom stereocenters. The third kappa shape index (κ3) is 8.14. The molecule has 0 saturated carbocycles. The van der Waals surface area contributed by atoms with Crippen molar-refractivity contribution in [2.75, 3.05) is 33.9 Å². The Balaban J connectivity index is 0.00000420. The monoisotopic (exact) mass is 516 g/mol. The molecule has 0 amide bonds. The zero-order valence-corrected chi connectivity index (χ0v) is 19.7. The van der Waals surface area contributed by atoms with Crippen molar-refractivity contribution in [2.45, 2.75) is 25.8 Å². The number of aromatic nitrogens is 1. The number of pyridine rings is 1. The molecule has 0 bridgehead atoms. The topological polar surface area (TPSA) is 67.8 Å². The first-order chi connectivity index (χ1) is 13.5. The van der Waals surface area contributed by atoms with Crippen LogP contribution in [0.5, 0.6) is 5.88 Å². The van der Waals surface area contributed by atoms with E-state index in [1.54, 1.807) is 32.5 Å². The second-order valence-corrected chi connectivity index (χ2v) is 6.98. The lowest BCUT2D eigenvalue weighted by Gasteiger charge is -2.27. The minimum absolute atomic E-state index is 0. The molecule has 0 spiro atoms. The van der Waals surface area contributed by atoms with E-state index < -0.39 is 0 Å². The van der Waals surface area contributed by atoms with Gasteiger partial charge >= 0.3 is 0 Å². The quantitative estimate of drug-likeness (QED) is 0.231. The van der Waals surface area contributed by atoms with Crippen molar-refractivity contribution in [3.8, 4) is 5.88 Å². The molecule has 8 heteroatoms. The summed E-state index contributed by atoms with van der Waals surface area (Å²) in [7, 11) is 3.34. The first kappa shape index (κ1) is 25.1. The number of rotatable bonds is 9. The normalized spacial score (nSPS) is 11.6. The van der Waals surface area contributed by atoms with Crippen molar-refractivity contribution in [3.63, 3.8) is 0 Å². The van der Waals surface area contributed by atoms with Crippen LogP contribution in [0.1, 0.15) is 25.0 Å². The summed E-state index contributed by atoms with van der Waals surface area (Å²) in [6.07, 6.45) is 1.69. The predicted octanol–water partition coefficient (Wildman–Crippen LogP) is 3.51. The maximum absolute atomic E-state index is 13.5. The van der Waals surface area contributed by atoms with Gasteiger partial charge in [-0.05, 0) is 23.8 Å². The summed E-state index contributed by atoms with van der Waals surface area (Å²) in [6.45, 7) is 6.17. The van der Waals surface area contributed by atoms with Gasteiger partial charge in [-0.15, -0.1) is 24.0 Å². The highest BCUT2D eigenvalue weighted by molar-refractivity contribution is 14.0. The maximum atomic E-state index is 13.5.